The number of nitrogens with one attached hydrogen (secondary N) is 1. The summed E-state index contributed by atoms with van der Waals surface area (Å²) in [5.74, 6) is -0.227. The molecule has 1 amide bonds. The quantitative estimate of drug-likeness (QED) is 0.474. The van der Waals surface area contributed by atoms with E-state index in [1.54, 1.807) is 32.0 Å². The van der Waals surface area contributed by atoms with E-state index < -0.39 is 5.91 Å². The molecular formula is C15H19ClN2O4. The number of amides is 1. The van der Waals surface area contributed by atoms with Crippen molar-refractivity contribution in [1.29, 1.82) is 0 Å². The summed E-state index contributed by atoms with van der Waals surface area (Å²) in [6.45, 7) is 5.32. The highest BCUT2D eigenvalue weighted by Gasteiger charge is 2.07. The number of halogens is 1. The highest BCUT2D eigenvalue weighted by molar-refractivity contribution is 6.30. The summed E-state index contributed by atoms with van der Waals surface area (Å²) in [4.78, 5) is 22.8. The SMILES string of the molecule is CCOC(=O)CC(C)=NNC(=O)COc1ccc(Cl)cc1C. The molecule has 1 aromatic carbocycles. The minimum absolute atomic E-state index is 0.0330. The summed E-state index contributed by atoms with van der Waals surface area (Å²) < 4.78 is 10.2. The fourth-order valence-corrected chi connectivity index (χ4v) is 1.80. The van der Waals surface area contributed by atoms with Gasteiger partial charge in [0.05, 0.1) is 13.0 Å². The van der Waals surface area contributed by atoms with Crippen LogP contribution in [-0.4, -0.2) is 30.8 Å². The van der Waals surface area contributed by atoms with Crippen molar-refractivity contribution in [3.63, 3.8) is 0 Å². The average Bonchev–Trinajstić information content (AvgIpc) is 2.44. The normalized spacial score (nSPS) is 11.0. The second kappa shape index (κ2) is 9.04. The highest BCUT2D eigenvalue weighted by atomic mass is 35.5. The third kappa shape index (κ3) is 6.58. The maximum absolute atomic E-state index is 11.6. The van der Waals surface area contributed by atoms with Crippen LogP contribution in [0.15, 0.2) is 23.3 Å². The van der Waals surface area contributed by atoms with Gasteiger partial charge in [0.1, 0.15) is 5.75 Å². The zero-order chi connectivity index (χ0) is 16.5. The zero-order valence-corrected chi connectivity index (χ0v) is 13.6. The van der Waals surface area contributed by atoms with E-state index in [1.807, 2.05) is 6.92 Å². The predicted octanol–water partition coefficient (Wildman–Crippen LogP) is 2.47. The number of hydrogen-bond acceptors (Lipinski definition) is 5. The lowest BCUT2D eigenvalue weighted by molar-refractivity contribution is -0.141. The van der Waals surface area contributed by atoms with E-state index in [4.69, 9.17) is 21.1 Å². The van der Waals surface area contributed by atoms with E-state index in [2.05, 4.69) is 10.5 Å². The lowest BCUT2D eigenvalue weighted by atomic mass is 10.2. The van der Waals surface area contributed by atoms with Gasteiger partial charge in [-0.25, -0.2) is 5.43 Å². The van der Waals surface area contributed by atoms with Crippen LogP contribution in [0.2, 0.25) is 5.02 Å². The molecule has 6 nitrogen and oxygen atoms in total. The first-order valence-electron chi connectivity index (χ1n) is 6.79. The molecule has 0 saturated carbocycles. The summed E-state index contributed by atoms with van der Waals surface area (Å²) in [5.41, 5.74) is 3.61. The third-order valence-corrected chi connectivity index (χ3v) is 2.81. The first kappa shape index (κ1) is 18.0. The van der Waals surface area contributed by atoms with Gasteiger partial charge in [-0.2, -0.15) is 5.10 Å². The highest BCUT2D eigenvalue weighted by Crippen LogP contribution is 2.21. The largest absolute Gasteiger partial charge is 0.483 e. The molecule has 22 heavy (non-hydrogen) atoms. The molecule has 0 heterocycles. The number of rotatable bonds is 7. The van der Waals surface area contributed by atoms with Crippen LogP contribution >= 0.6 is 11.6 Å². The molecule has 0 spiro atoms. The molecule has 0 saturated heterocycles. The van der Waals surface area contributed by atoms with Crippen LogP contribution < -0.4 is 10.2 Å². The Hall–Kier alpha value is -2.08. The number of hydrazone groups is 1. The van der Waals surface area contributed by atoms with Gasteiger partial charge in [0.2, 0.25) is 0 Å². The van der Waals surface area contributed by atoms with Crippen LogP contribution in [0.1, 0.15) is 25.8 Å². The van der Waals surface area contributed by atoms with Gasteiger partial charge in [-0.3, -0.25) is 9.59 Å². The topological polar surface area (TPSA) is 77.0 Å². The van der Waals surface area contributed by atoms with E-state index in [9.17, 15) is 9.59 Å². The van der Waals surface area contributed by atoms with E-state index in [1.165, 1.54) is 0 Å². The van der Waals surface area contributed by atoms with Crippen LogP contribution in [-0.2, 0) is 14.3 Å². The molecule has 7 heteroatoms. The molecule has 0 bridgehead atoms. The molecule has 0 fully saturated rings. The van der Waals surface area contributed by atoms with E-state index in [0.717, 1.165) is 5.56 Å². The fourth-order valence-electron chi connectivity index (χ4n) is 1.57. The number of aryl methyl sites for hydroxylation is 1. The number of benzene rings is 1. The van der Waals surface area contributed by atoms with Crippen molar-refractivity contribution < 1.29 is 19.1 Å². The van der Waals surface area contributed by atoms with Gasteiger partial charge in [0.25, 0.3) is 5.91 Å². The average molecular weight is 327 g/mol. The Morgan fingerprint density at radius 3 is 2.73 bits per heavy atom. The van der Waals surface area contributed by atoms with Crippen LogP contribution in [0.4, 0.5) is 0 Å². The maximum atomic E-state index is 11.6. The van der Waals surface area contributed by atoms with E-state index >= 15 is 0 Å². The second-order valence-electron chi connectivity index (χ2n) is 4.56. The number of hydrogen-bond donors (Lipinski definition) is 1. The first-order chi connectivity index (χ1) is 10.4. The number of nitrogens with zero attached hydrogens (tertiary/aromatic N) is 1. The Labute approximate surface area is 134 Å². The monoisotopic (exact) mass is 326 g/mol. The standard InChI is InChI=1S/C15H19ClN2O4/c1-4-21-15(20)8-11(3)17-18-14(19)9-22-13-6-5-12(16)7-10(13)2/h5-7H,4,8-9H2,1-3H3,(H,18,19). The van der Waals surface area contributed by atoms with Gasteiger partial charge < -0.3 is 9.47 Å². The molecule has 0 aliphatic carbocycles. The first-order valence-corrected chi connectivity index (χ1v) is 7.16. The molecule has 0 aliphatic rings. The second-order valence-corrected chi connectivity index (χ2v) is 5.00. The number of ether oxygens (including phenoxy) is 2. The Morgan fingerprint density at radius 1 is 1.36 bits per heavy atom. The minimum atomic E-state index is -0.419. The Kier molecular flexibility index (Phi) is 7.39. The summed E-state index contributed by atoms with van der Waals surface area (Å²) in [6.07, 6.45) is 0.0330. The molecule has 0 aromatic heterocycles. The summed E-state index contributed by atoms with van der Waals surface area (Å²) >= 11 is 5.84. The zero-order valence-electron chi connectivity index (χ0n) is 12.8. The summed E-state index contributed by atoms with van der Waals surface area (Å²) in [7, 11) is 0. The fraction of sp³-hybridized carbons (Fsp3) is 0.400. The van der Waals surface area contributed by atoms with Crippen LogP contribution in [0.25, 0.3) is 0 Å². The van der Waals surface area contributed by atoms with Gasteiger partial charge in [0.15, 0.2) is 6.61 Å². The molecule has 1 N–H and O–H groups in total. The Balaban J connectivity index is 2.41. The van der Waals surface area contributed by atoms with E-state index in [0.29, 0.717) is 23.1 Å². The molecule has 1 rings (SSSR count). The number of esters is 1. The third-order valence-electron chi connectivity index (χ3n) is 2.57. The van der Waals surface area contributed by atoms with Crippen molar-refractivity contribution in [2.45, 2.75) is 27.2 Å². The van der Waals surface area contributed by atoms with Gasteiger partial charge in [-0.05, 0) is 44.5 Å². The van der Waals surface area contributed by atoms with E-state index in [-0.39, 0.29) is 19.0 Å². The van der Waals surface area contributed by atoms with Crippen LogP contribution in [0, 0.1) is 6.92 Å². The predicted molar refractivity (Wildman–Crippen MR) is 84.2 cm³/mol. The summed E-state index contributed by atoms with van der Waals surface area (Å²) in [6, 6.07) is 5.13. The molecular weight excluding hydrogens is 308 g/mol. The van der Waals surface area contributed by atoms with Crippen molar-refractivity contribution >= 4 is 29.2 Å². The van der Waals surface area contributed by atoms with Crippen molar-refractivity contribution in [2.75, 3.05) is 13.2 Å². The molecule has 120 valence electrons. The number of carbonyl (C=O) groups is 2. The van der Waals surface area contributed by atoms with Gasteiger partial charge in [-0.15, -0.1) is 0 Å². The van der Waals surface area contributed by atoms with Crippen molar-refractivity contribution in [2.24, 2.45) is 5.10 Å². The summed E-state index contributed by atoms with van der Waals surface area (Å²) in [5, 5.41) is 4.42. The molecule has 1 aromatic rings. The van der Waals surface area contributed by atoms with Crippen molar-refractivity contribution in [3.05, 3.63) is 28.8 Å². The molecule has 0 unspecified atom stereocenters. The smallest absolute Gasteiger partial charge is 0.311 e. The molecule has 0 atom stereocenters. The van der Waals surface area contributed by atoms with Gasteiger partial charge in [-0.1, -0.05) is 11.6 Å². The van der Waals surface area contributed by atoms with Gasteiger partial charge in [0, 0.05) is 10.7 Å². The lowest BCUT2D eigenvalue weighted by Gasteiger charge is -2.08. The minimum Gasteiger partial charge on any atom is -0.483 e. The van der Waals surface area contributed by atoms with Crippen molar-refractivity contribution in [3.8, 4) is 5.75 Å². The lowest BCUT2D eigenvalue weighted by Crippen LogP contribution is -2.26. The van der Waals surface area contributed by atoms with Crippen molar-refractivity contribution in [1.82, 2.24) is 5.43 Å². The Bertz CT molecular complexity index is 573. The molecule has 0 aliphatic heterocycles. The maximum Gasteiger partial charge on any atom is 0.311 e. The Morgan fingerprint density at radius 2 is 2.09 bits per heavy atom. The van der Waals surface area contributed by atoms with Gasteiger partial charge >= 0.3 is 5.97 Å². The van der Waals surface area contributed by atoms with Crippen LogP contribution in [0.5, 0.6) is 5.75 Å². The van der Waals surface area contributed by atoms with Crippen LogP contribution in [0.3, 0.4) is 0 Å². The number of carbonyl (C=O) groups excluding carboxylic acids is 2. The molecule has 0 radical (unpaired) electrons.